The summed E-state index contributed by atoms with van der Waals surface area (Å²) in [6.07, 6.45) is 0.368. The topological polar surface area (TPSA) is 66.0 Å². The molecule has 0 unspecified atom stereocenters. The second-order valence-corrected chi connectivity index (χ2v) is 4.70. The molecule has 102 valence electrons. The molecule has 0 saturated carbocycles. The van der Waals surface area contributed by atoms with E-state index < -0.39 is 0 Å². The van der Waals surface area contributed by atoms with Crippen LogP contribution in [0.3, 0.4) is 0 Å². The van der Waals surface area contributed by atoms with Crippen molar-refractivity contribution in [2.45, 2.75) is 27.2 Å². The largest absolute Gasteiger partial charge is 0.466 e. The average Bonchev–Trinajstić information content (AvgIpc) is 2.66. The highest BCUT2D eigenvalue weighted by atomic mass is 16.3. The first-order valence-corrected chi connectivity index (χ1v) is 6.36. The minimum Gasteiger partial charge on any atom is -0.466 e. The maximum Gasteiger partial charge on any atom is 0.259 e. The normalized spacial score (nSPS) is 10.1. The minimum absolute atomic E-state index is 0.176. The molecule has 1 aromatic heterocycles. The van der Waals surface area contributed by atoms with Crippen LogP contribution >= 0.6 is 0 Å². The van der Waals surface area contributed by atoms with Gasteiger partial charge in [-0.1, -0.05) is 12.1 Å². The van der Waals surface area contributed by atoms with Crippen molar-refractivity contribution in [1.29, 1.82) is 5.26 Å². The summed E-state index contributed by atoms with van der Waals surface area (Å²) in [5.74, 6) is 1.21. The molecule has 2 aromatic rings. The van der Waals surface area contributed by atoms with Gasteiger partial charge in [-0.2, -0.15) is 5.26 Å². The number of carbonyl (C=O) groups is 1. The van der Waals surface area contributed by atoms with Gasteiger partial charge in [-0.05, 0) is 38.5 Å². The van der Waals surface area contributed by atoms with Crippen molar-refractivity contribution in [3.63, 3.8) is 0 Å². The Morgan fingerprint density at radius 2 is 1.85 bits per heavy atom. The van der Waals surface area contributed by atoms with Crippen LogP contribution in [-0.2, 0) is 6.42 Å². The predicted octanol–water partition coefficient (Wildman–Crippen LogP) is 3.52. The Labute approximate surface area is 118 Å². The number of nitrogens with one attached hydrogen (secondary N) is 1. The summed E-state index contributed by atoms with van der Waals surface area (Å²) >= 11 is 0. The van der Waals surface area contributed by atoms with Crippen LogP contribution in [-0.4, -0.2) is 5.91 Å². The molecule has 0 saturated heterocycles. The lowest BCUT2D eigenvalue weighted by atomic mass is 10.1. The number of nitrogens with zero attached hydrogens (tertiary/aromatic N) is 1. The van der Waals surface area contributed by atoms with Gasteiger partial charge in [0.05, 0.1) is 18.1 Å². The molecule has 0 radical (unpaired) electrons. The molecule has 2 rings (SSSR count). The Morgan fingerprint density at radius 3 is 2.35 bits per heavy atom. The molecule has 0 aliphatic carbocycles. The zero-order chi connectivity index (χ0) is 14.7. The first kappa shape index (κ1) is 13.9. The lowest BCUT2D eigenvalue weighted by molar-refractivity contribution is 0.102. The molecule has 1 aromatic carbocycles. The third-order valence-corrected chi connectivity index (χ3v) is 3.28. The van der Waals surface area contributed by atoms with E-state index in [1.54, 1.807) is 19.1 Å². The number of furan rings is 1. The quantitative estimate of drug-likeness (QED) is 0.926. The molecular weight excluding hydrogens is 252 g/mol. The maximum atomic E-state index is 12.3. The number of nitriles is 1. The number of hydrogen-bond donors (Lipinski definition) is 1. The fourth-order valence-corrected chi connectivity index (χ4v) is 2.12. The molecule has 20 heavy (non-hydrogen) atoms. The number of anilines is 1. The molecule has 1 N–H and O–H groups in total. The summed E-state index contributed by atoms with van der Waals surface area (Å²) in [6.45, 7) is 5.50. The van der Waals surface area contributed by atoms with Crippen LogP contribution in [0, 0.1) is 32.1 Å². The van der Waals surface area contributed by atoms with Crippen molar-refractivity contribution in [3.05, 3.63) is 52.5 Å². The first-order chi connectivity index (χ1) is 9.52. The van der Waals surface area contributed by atoms with E-state index >= 15 is 0 Å². The van der Waals surface area contributed by atoms with Gasteiger partial charge in [0.15, 0.2) is 0 Å². The van der Waals surface area contributed by atoms with E-state index in [2.05, 4.69) is 11.4 Å². The monoisotopic (exact) mass is 268 g/mol. The number of carbonyl (C=O) groups excluding carboxylic acids is 1. The van der Waals surface area contributed by atoms with Crippen LogP contribution in [0.15, 0.2) is 28.7 Å². The van der Waals surface area contributed by atoms with E-state index in [9.17, 15) is 4.79 Å². The number of amides is 1. The van der Waals surface area contributed by atoms with Gasteiger partial charge in [-0.3, -0.25) is 4.79 Å². The van der Waals surface area contributed by atoms with Gasteiger partial charge in [-0.25, -0.2) is 0 Å². The van der Waals surface area contributed by atoms with Gasteiger partial charge >= 0.3 is 0 Å². The zero-order valence-electron chi connectivity index (χ0n) is 11.8. The van der Waals surface area contributed by atoms with Crippen LogP contribution in [0.25, 0.3) is 0 Å². The summed E-state index contributed by atoms with van der Waals surface area (Å²) < 4.78 is 5.46. The molecule has 1 heterocycles. The Hall–Kier alpha value is -2.54. The summed E-state index contributed by atoms with van der Waals surface area (Å²) in [7, 11) is 0. The highest BCUT2D eigenvalue weighted by Crippen LogP contribution is 2.22. The summed E-state index contributed by atoms with van der Waals surface area (Å²) in [4.78, 5) is 12.3. The van der Waals surface area contributed by atoms with Gasteiger partial charge in [-0.15, -0.1) is 0 Å². The highest BCUT2D eigenvalue weighted by molar-refractivity contribution is 6.06. The van der Waals surface area contributed by atoms with E-state index in [1.165, 1.54) is 0 Å². The summed E-state index contributed by atoms with van der Waals surface area (Å²) in [5, 5.41) is 11.5. The summed E-state index contributed by atoms with van der Waals surface area (Å²) in [5.41, 5.74) is 3.08. The lowest BCUT2D eigenvalue weighted by Crippen LogP contribution is -2.13. The maximum absolute atomic E-state index is 12.3. The molecule has 0 spiro atoms. The van der Waals surface area contributed by atoms with Crippen molar-refractivity contribution < 1.29 is 9.21 Å². The summed E-state index contributed by atoms with van der Waals surface area (Å²) in [6, 6.07) is 9.34. The Balaban J connectivity index is 2.17. The van der Waals surface area contributed by atoms with Crippen molar-refractivity contribution >= 4 is 11.6 Å². The third-order valence-electron chi connectivity index (χ3n) is 3.28. The van der Waals surface area contributed by atoms with Crippen LogP contribution < -0.4 is 5.32 Å². The van der Waals surface area contributed by atoms with Crippen LogP contribution in [0.2, 0.25) is 0 Å². The average molecular weight is 268 g/mol. The van der Waals surface area contributed by atoms with E-state index in [0.717, 1.165) is 16.9 Å². The Morgan fingerprint density at radius 1 is 1.20 bits per heavy atom. The van der Waals surface area contributed by atoms with Crippen LogP contribution in [0.4, 0.5) is 5.69 Å². The molecule has 4 nitrogen and oxygen atoms in total. The van der Waals surface area contributed by atoms with Crippen LogP contribution in [0.5, 0.6) is 0 Å². The lowest BCUT2D eigenvalue weighted by Gasteiger charge is -2.06. The zero-order valence-corrected chi connectivity index (χ0v) is 11.8. The first-order valence-electron chi connectivity index (χ1n) is 6.36. The van der Waals surface area contributed by atoms with E-state index in [1.807, 2.05) is 26.0 Å². The number of rotatable bonds is 3. The Kier molecular flexibility index (Phi) is 3.90. The van der Waals surface area contributed by atoms with E-state index in [-0.39, 0.29) is 5.91 Å². The van der Waals surface area contributed by atoms with Crippen molar-refractivity contribution in [2.75, 3.05) is 5.32 Å². The smallest absolute Gasteiger partial charge is 0.259 e. The second kappa shape index (κ2) is 5.62. The van der Waals surface area contributed by atoms with Crippen molar-refractivity contribution in [2.24, 2.45) is 0 Å². The SMILES string of the molecule is Cc1oc(C)c(C(=O)Nc2ccc(CC#N)cc2)c1C. The standard InChI is InChI=1S/C16H16N2O2/c1-10-11(2)20-12(3)15(10)16(19)18-14-6-4-13(5-7-14)8-9-17/h4-7H,8H2,1-3H3,(H,18,19). The van der Waals surface area contributed by atoms with Gasteiger partial charge < -0.3 is 9.73 Å². The molecular formula is C16H16N2O2. The van der Waals surface area contributed by atoms with Crippen molar-refractivity contribution in [3.8, 4) is 6.07 Å². The number of aryl methyl sites for hydroxylation is 2. The molecule has 0 atom stereocenters. The molecule has 0 bridgehead atoms. The molecule has 0 fully saturated rings. The fourth-order valence-electron chi connectivity index (χ4n) is 2.12. The molecule has 1 amide bonds. The number of benzene rings is 1. The molecule has 4 heteroatoms. The second-order valence-electron chi connectivity index (χ2n) is 4.70. The fraction of sp³-hybridized carbons (Fsp3) is 0.250. The van der Waals surface area contributed by atoms with Gasteiger partial charge in [0, 0.05) is 11.3 Å². The molecule has 0 aliphatic heterocycles. The highest BCUT2D eigenvalue weighted by Gasteiger charge is 2.18. The van der Waals surface area contributed by atoms with Crippen molar-refractivity contribution in [1.82, 2.24) is 0 Å². The Bertz CT molecular complexity index is 676. The molecule has 0 aliphatic rings. The predicted molar refractivity (Wildman–Crippen MR) is 76.6 cm³/mol. The number of hydrogen-bond acceptors (Lipinski definition) is 3. The third kappa shape index (κ3) is 2.72. The minimum atomic E-state index is -0.176. The van der Waals surface area contributed by atoms with E-state index in [0.29, 0.717) is 23.4 Å². The van der Waals surface area contributed by atoms with Crippen LogP contribution in [0.1, 0.15) is 33.0 Å². The van der Waals surface area contributed by atoms with Gasteiger partial charge in [0.2, 0.25) is 0 Å². The van der Waals surface area contributed by atoms with Gasteiger partial charge in [0.25, 0.3) is 5.91 Å². The van der Waals surface area contributed by atoms with Gasteiger partial charge in [0.1, 0.15) is 11.5 Å². The van der Waals surface area contributed by atoms with E-state index in [4.69, 9.17) is 9.68 Å².